The van der Waals surface area contributed by atoms with Crippen LogP contribution in [0.5, 0.6) is 5.75 Å². The molecule has 3 aromatic carbocycles. The molecular weight excluding hydrogens is 407 g/mol. The Balaban J connectivity index is 2.08. The van der Waals surface area contributed by atoms with Gasteiger partial charge in [-0.3, -0.25) is 9.79 Å². The Hall–Kier alpha value is -2.39. The fourth-order valence-corrected chi connectivity index (χ4v) is 4.34. The van der Waals surface area contributed by atoms with Gasteiger partial charge in [-0.15, -0.1) is 0 Å². The van der Waals surface area contributed by atoms with Crippen LogP contribution in [0.4, 0.5) is 0 Å². The van der Waals surface area contributed by atoms with E-state index in [9.17, 15) is 14.4 Å². The lowest BCUT2D eigenvalue weighted by Gasteiger charge is -2.20. The number of hydrogen-bond donors (Lipinski definition) is 2. The smallest absolute Gasteiger partial charge is 0.404 e. The molecule has 0 bridgehead atoms. The summed E-state index contributed by atoms with van der Waals surface area (Å²) in [5.41, 5.74) is 4.92. The minimum Gasteiger partial charge on any atom is -0.404 e. The molecule has 0 aliphatic rings. The summed E-state index contributed by atoms with van der Waals surface area (Å²) in [6.45, 7) is 4.45. The second-order valence-electron chi connectivity index (χ2n) is 8.27. The first-order valence-corrected chi connectivity index (χ1v) is 12.4. The van der Waals surface area contributed by atoms with E-state index < -0.39 is 7.82 Å². The molecule has 0 atom stereocenters. The molecule has 0 unspecified atom stereocenters. The molecule has 0 aliphatic heterocycles. The van der Waals surface area contributed by atoms with Crippen LogP contribution in [0.25, 0.3) is 22.3 Å². The Morgan fingerprint density at radius 2 is 1.42 bits per heavy atom. The molecule has 3 rings (SSSR count). The average Bonchev–Trinajstić information content (AvgIpc) is 2.74. The van der Waals surface area contributed by atoms with Gasteiger partial charge in [0.1, 0.15) is 5.75 Å². The molecule has 164 valence electrons. The molecular formula is C26H31O4P. The van der Waals surface area contributed by atoms with Crippen molar-refractivity contribution in [2.75, 3.05) is 0 Å². The summed E-state index contributed by atoms with van der Waals surface area (Å²) in [6, 6.07) is 23.7. The monoisotopic (exact) mass is 438 g/mol. The third-order valence-corrected chi connectivity index (χ3v) is 5.78. The molecule has 0 fully saturated rings. The molecule has 31 heavy (non-hydrogen) atoms. The van der Waals surface area contributed by atoms with Gasteiger partial charge in [0.05, 0.1) is 0 Å². The minimum absolute atomic E-state index is 0.260. The van der Waals surface area contributed by atoms with Crippen molar-refractivity contribution >= 4 is 7.82 Å². The van der Waals surface area contributed by atoms with Crippen molar-refractivity contribution in [1.29, 1.82) is 0 Å². The van der Waals surface area contributed by atoms with E-state index in [0.717, 1.165) is 47.1 Å². The van der Waals surface area contributed by atoms with E-state index in [1.54, 1.807) is 6.07 Å². The number of rotatable bonds is 10. The van der Waals surface area contributed by atoms with Gasteiger partial charge in [0.25, 0.3) is 0 Å². The fraction of sp³-hybridized carbons (Fsp3) is 0.308. The highest BCUT2D eigenvalue weighted by Gasteiger charge is 2.23. The highest BCUT2D eigenvalue weighted by Crippen LogP contribution is 2.45. The lowest BCUT2D eigenvalue weighted by Crippen LogP contribution is -2.01. The number of benzene rings is 3. The van der Waals surface area contributed by atoms with E-state index in [1.165, 1.54) is 6.42 Å². The van der Waals surface area contributed by atoms with Gasteiger partial charge in [-0.25, -0.2) is 4.57 Å². The van der Waals surface area contributed by atoms with Crippen LogP contribution >= 0.6 is 7.82 Å². The van der Waals surface area contributed by atoms with Gasteiger partial charge in [-0.1, -0.05) is 99.8 Å². The summed E-state index contributed by atoms with van der Waals surface area (Å²) < 4.78 is 16.8. The normalized spacial score (nSPS) is 11.6. The summed E-state index contributed by atoms with van der Waals surface area (Å²) in [5, 5.41) is 0. The van der Waals surface area contributed by atoms with E-state index in [4.69, 9.17) is 4.52 Å². The van der Waals surface area contributed by atoms with Crippen molar-refractivity contribution < 1.29 is 18.9 Å². The largest absolute Gasteiger partial charge is 0.524 e. The number of hydrogen-bond acceptors (Lipinski definition) is 2. The first-order chi connectivity index (χ1) is 14.8. The van der Waals surface area contributed by atoms with Crippen LogP contribution < -0.4 is 4.52 Å². The molecule has 3 aromatic rings. The predicted octanol–water partition coefficient (Wildman–Crippen LogP) is 7.25. The van der Waals surface area contributed by atoms with Crippen LogP contribution in [-0.2, 0) is 11.0 Å². The van der Waals surface area contributed by atoms with Crippen LogP contribution in [0, 0.1) is 5.92 Å². The van der Waals surface area contributed by atoms with Crippen LogP contribution in [0.3, 0.4) is 0 Å². The summed E-state index contributed by atoms with van der Waals surface area (Å²) in [6.07, 6.45) is 5.02. The molecule has 0 aliphatic carbocycles. The Morgan fingerprint density at radius 3 is 2.00 bits per heavy atom. The molecule has 0 saturated carbocycles. The zero-order valence-electron chi connectivity index (χ0n) is 18.2. The highest BCUT2D eigenvalue weighted by atomic mass is 31.2. The van der Waals surface area contributed by atoms with Crippen molar-refractivity contribution in [1.82, 2.24) is 0 Å². The maximum absolute atomic E-state index is 11.7. The van der Waals surface area contributed by atoms with Gasteiger partial charge >= 0.3 is 7.82 Å². The Kier molecular flexibility index (Phi) is 8.09. The summed E-state index contributed by atoms with van der Waals surface area (Å²) in [7, 11) is -4.67. The standard InChI is InChI=1S/C26H31O4P/c1-20(2)12-6-3-11-17-24-25(30-31(27,28)29)19-18-23(21-13-7-4-8-14-21)26(24)22-15-9-5-10-16-22/h4-5,7-10,13-16,18-20H,3,6,11-12,17H2,1-2H3,(H2,27,28,29). The molecule has 0 aromatic heterocycles. The van der Waals surface area contributed by atoms with Gasteiger partial charge in [0, 0.05) is 5.56 Å². The lowest BCUT2D eigenvalue weighted by molar-refractivity contribution is 0.282. The zero-order chi connectivity index (χ0) is 22.3. The topological polar surface area (TPSA) is 66.8 Å². The van der Waals surface area contributed by atoms with Gasteiger partial charge < -0.3 is 4.52 Å². The van der Waals surface area contributed by atoms with E-state index in [2.05, 4.69) is 26.0 Å². The van der Waals surface area contributed by atoms with Gasteiger partial charge in [-0.2, -0.15) is 0 Å². The number of phosphoric acid groups is 1. The molecule has 0 saturated heterocycles. The van der Waals surface area contributed by atoms with Crippen molar-refractivity contribution in [3.05, 3.63) is 78.4 Å². The van der Waals surface area contributed by atoms with Gasteiger partial charge in [0.2, 0.25) is 0 Å². The molecule has 0 heterocycles. The summed E-state index contributed by atoms with van der Waals surface area (Å²) in [5.74, 6) is 0.936. The lowest BCUT2D eigenvalue weighted by atomic mass is 9.87. The van der Waals surface area contributed by atoms with Crippen molar-refractivity contribution in [3.63, 3.8) is 0 Å². The second-order valence-corrected chi connectivity index (χ2v) is 9.44. The predicted molar refractivity (Wildman–Crippen MR) is 127 cm³/mol. The van der Waals surface area contributed by atoms with Crippen LogP contribution in [0.15, 0.2) is 72.8 Å². The van der Waals surface area contributed by atoms with Crippen LogP contribution in [-0.4, -0.2) is 9.79 Å². The summed E-state index contributed by atoms with van der Waals surface area (Å²) in [4.78, 5) is 19.0. The molecule has 2 N–H and O–H groups in total. The highest BCUT2D eigenvalue weighted by molar-refractivity contribution is 7.46. The molecule has 0 spiro atoms. The van der Waals surface area contributed by atoms with E-state index >= 15 is 0 Å². The van der Waals surface area contributed by atoms with Crippen molar-refractivity contribution in [3.8, 4) is 28.0 Å². The summed E-state index contributed by atoms with van der Waals surface area (Å²) >= 11 is 0. The first kappa shape index (κ1) is 23.3. The molecule has 0 radical (unpaired) electrons. The van der Waals surface area contributed by atoms with E-state index in [0.29, 0.717) is 12.3 Å². The van der Waals surface area contributed by atoms with E-state index in [1.807, 2.05) is 54.6 Å². The molecule has 0 amide bonds. The van der Waals surface area contributed by atoms with Crippen molar-refractivity contribution in [2.45, 2.75) is 46.0 Å². The van der Waals surface area contributed by atoms with Gasteiger partial charge in [0.15, 0.2) is 0 Å². The third-order valence-electron chi connectivity index (χ3n) is 5.34. The maximum Gasteiger partial charge on any atom is 0.524 e. The molecule has 5 heteroatoms. The SMILES string of the molecule is CC(C)CCCCCc1c(OP(=O)(O)O)ccc(-c2ccccc2)c1-c1ccccc1. The minimum atomic E-state index is -4.67. The third kappa shape index (κ3) is 6.80. The Bertz CT molecular complexity index is 1010. The average molecular weight is 439 g/mol. The number of unbranched alkanes of at least 4 members (excludes halogenated alkanes) is 2. The quantitative estimate of drug-likeness (QED) is 0.258. The zero-order valence-corrected chi connectivity index (χ0v) is 19.1. The molecule has 4 nitrogen and oxygen atoms in total. The second kappa shape index (κ2) is 10.8. The Labute approximate surface area is 185 Å². The van der Waals surface area contributed by atoms with E-state index in [-0.39, 0.29) is 5.75 Å². The van der Waals surface area contributed by atoms with Crippen LogP contribution in [0.1, 0.15) is 45.1 Å². The van der Waals surface area contributed by atoms with Crippen LogP contribution in [0.2, 0.25) is 0 Å². The number of phosphoric ester groups is 1. The Morgan fingerprint density at radius 1 is 0.806 bits per heavy atom. The first-order valence-electron chi connectivity index (χ1n) is 10.9. The fourth-order valence-electron chi connectivity index (χ4n) is 3.91. The maximum atomic E-state index is 11.7. The van der Waals surface area contributed by atoms with Crippen molar-refractivity contribution in [2.24, 2.45) is 5.92 Å². The van der Waals surface area contributed by atoms with Gasteiger partial charge in [-0.05, 0) is 47.1 Å².